The van der Waals surface area contributed by atoms with E-state index in [4.69, 9.17) is 9.47 Å². The van der Waals surface area contributed by atoms with Gasteiger partial charge in [-0.1, -0.05) is 23.9 Å². The first kappa shape index (κ1) is 14.3. The number of aromatic nitrogens is 4. The van der Waals surface area contributed by atoms with E-state index in [0.717, 1.165) is 33.8 Å². The van der Waals surface area contributed by atoms with Crippen molar-refractivity contribution in [2.24, 2.45) is 0 Å². The van der Waals surface area contributed by atoms with Gasteiger partial charge in [0.1, 0.15) is 12.7 Å². The van der Waals surface area contributed by atoms with E-state index >= 15 is 0 Å². The maximum Gasteiger partial charge on any atom is 0.256 e. The second kappa shape index (κ2) is 5.73. The summed E-state index contributed by atoms with van der Waals surface area (Å²) in [6.07, 6.45) is -0.0130. The molecule has 0 N–H and O–H groups in total. The highest BCUT2D eigenvalue weighted by molar-refractivity contribution is 7.99. The number of nitrogens with zero attached hydrogens (tertiary/aromatic N) is 4. The molecule has 0 fully saturated rings. The van der Waals surface area contributed by atoms with Crippen LogP contribution in [0, 0.1) is 13.8 Å². The van der Waals surface area contributed by atoms with Gasteiger partial charge < -0.3 is 9.47 Å². The SMILES string of the molecule is Cc1cc(C)n2c(SCC3COc4ccccc4O3)nnc2n1. The fraction of sp³-hybridized carbons (Fsp3) is 0.312. The molecule has 3 aromatic rings. The van der Waals surface area contributed by atoms with E-state index in [9.17, 15) is 0 Å². The Bertz CT molecular complexity index is 864. The van der Waals surface area contributed by atoms with Crippen LogP contribution < -0.4 is 9.47 Å². The molecule has 7 heteroatoms. The molecule has 0 radical (unpaired) electrons. The minimum Gasteiger partial charge on any atom is -0.486 e. The third kappa shape index (κ3) is 2.72. The highest BCUT2D eigenvalue weighted by Crippen LogP contribution is 2.32. The Kier molecular flexibility index (Phi) is 3.57. The van der Waals surface area contributed by atoms with Gasteiger partial charge in [0.05, 0.1) is 0 Å². The van der Waals surface area contributed by atoms with E-state index in [1.54, 1.807) is 11.8 Å². The predicted octanol–water partition coefficient (Wildman–Crippen LogP) is 2.67. The number of benzene rings is 1. The van der Waals surface area contributed by atoms with Gasteiger partial charge >= 0.3 is 0 Å². The molecule has 1 aliphatic heterocycles. The van der Waals surface area contributed by atoms with Crippen molar-refractivity contribution >= 4 is 17.5 Å². The Balaban J connectivity index is 1.50. The Hall–Kier alpha value is -2.28. The molecule has 118 valence electrons. The topological polar surface area (TPSA) is 61.5 Å². The number of ether oxygens (including phenoxy) is 2. The molecule has 0 saturated carbocycles. The monoisotopic (exact) mass is 328 g/mol. The summed E-state index contributed by atoms with van der Waals surface area (Å²) >= 11 is 1.60. The van der Waals surface area contributed by atoms with Crippen LogP contribution in [-0.4, -0.2) is 38.0 Å². The number of rotatable bonds is 3. The first-order chi connectivity index (χ1) is 11.2. The summed E-state index contributed by atoms with van der Waals surface area (Å²) in [5.74, 6) is 2.97. The van der Waals surface area contributed by atoms with Crippen LogP contribution in [0.15, 0.2) is 35.5 Å². The lowest BCUT2D eigenvalue weighted by Gasteiger charge is -2.25. The van der Waals surface area contributed by atoms with Crippen LogP contribution in [0.25, 0.3) is 5.78 Å². The normalized spacial score (nSPS) is 16.7. The van der Waals surface area contributed by atoms with Crippen molar-refractivity contribution in [3.63, 3.8) is 0 Å². The molecule has 6 nitrogen and oxygen atoms in total. The Labute approximate surface area is 137 Å². The fourth-order valence-corrected chi connectivity index (χ4v) is 3.56. The summed E-state index contributed by atoms with van der Waals surface area (Å²) < 4.78 is 13.7. The van der Waals surface area contributed by atoms with Crippen LogP contribution in [0.2, 0.25) is 0 Å². The third-order valence-corrected chi connectivity index (χ3v) is 4.69. The lowest BCUT2D eigenvalue weighted by Crippen LogP contribution is -2.31. The molecule has 1 atom stereocenters. The van der Waals surface area contributed by atoms with E-state index in [2.05, 4.69) is 15.2 Å². The first-order valence-electron chi connectivity index (χ1n) is 7.41. The van der Waals surface area contributed by atoms with Gasteiger partial charge in [-0.15, -0.1) is 10.2 Å². The number of hydrogen-bond acceptors (Lipinski definition) is 6. The predicted molar refractivity (Wildman–Crippen MR) is 87.3 cm³/mol. The zero-order valence-electron chi connectivity index (χ0n) is 12.9. The standard InChI is InChI=1S/C16H16N4O2S/c1-10-7-11(2)20-15(17-10)18-19-16(20)23-9-12-8-21-13-5-3-4-6-14(13)22-12/h3-7,12H,8-9H2,1-2H3. The van der Waals surface area contributed by atoms with Gasteiger partial charge in [-0.05, 0) is 32.0 Å². The molecule has 23 heavy (non-hydrogen) atoms. The summed E-state index contributed by atoms with van der Waals surface area (Å²) in [5, 5.41) is 9.22. The molecule has 2 aromatic heterocycles. The largest absolute Gasteiger partial charge is 0.486 e. The van der Waals surface area contributed by atoms with Gasteiger partial charge in [0.2, 0.25) is 0 Å². The highest BCUT2D eigenvalue weighted by atomic mass is 32.2. The lowest BCUT2D eigenvalue weighted by atomic mass is 10.3. The number of fused-ring (bicyclic) bond motifs is 2. The maximum absolute atomic E-state index is 5.97. The smallest absolute Gasteiger partial charge is 0.256 e. The summed E-state index contributed by atoms with van der Waals surface area (Å²) in [5.41, 5.74) is 2.02. The van der Waals surface area contributed by atoms with Gasteiger partial charge in [-0.2, -0.15) is 0 Å². The minimum atomic E-state index is -0.0130. The van der Waals surface area contributed by atoms with Crippen molar-refractivity contribution in [1.29, 1.82) is 0 Å². The Morgan fingerprint density at radius 3 is 2.91 bits per heavy atom. The van der Waals surface area contributed by atoms with Gasteiger partial charge in [0.15, 0.2) is 16.7 Å². The van der Waals surface area contributed by atoms with Crippen LogP contribution in [0.1, 0.15) is 11.4 Å². The van der Waals surface area contributed by atoms with Gasteiger partial charge in [0, 0.05) is 17.1 Å². The molecule has 1 aromatic carbocycles. The number of para-hydroxylation sites is 2. The molecule has 3 heterocycles. The number of aryl methyl sites for hydroxylation is 2. The average molecular weight is 328 g/mol. The molecule has 0 bridgehead atoms. The summed E-state index contributed by atoms with van der Waals surface area (Å²) in [6.45, 7) is 4.53. The van der Waals surface area contributed by atoms with Gasteiger partial charge in [-0.3, -0.25) is 4.40 Å². The third-order valence-electron chi connectivity index (χ3n) is 3.63. The van der Waals surface area contributed by atoms with Crippen molar-refractivity contribution in [2.75, 3.05) is 12.4 Å². The van der Waals surface area contributed by atoms with Crippen molar-refractivity contribution in [2.45, 2.75) is 25.1 Å². The van der Waals surface area contributed by atoms with Crippen LogP contribution in [0.4, 0.5) is 0 Å². The summed E-state index contributed by atoms with van der Waals surface area (Å²) in [6, 6.07) is 9.76. The van der Waals surface area contributed by atoms with E-state index < -0.39 is 0 Å². The second-order valence-corrected chi connectivity index (χ2v) is 6.45. The van der Waals surface area contributed by atoms with Crippen molar-refractivity contribution in [3.8, 4) is 11.5 Å². The van der Waals surface area contributed by atoms with Gasteiger partial charge in [-0.25, -0.2) is 4.98 Å². The Morgan fingerprint density at radius 2 is 2.04 bits per heavy atom. The molecule has 4 rings (SSSR count). The second-order valence-electron chi connectivity index (χ2n) is 5.47. The van der Waals surface area contributed by atoms with Crippen molar-refractivity contribution in [1.82, 2.24) is 19.6 Å². The van der Waals surface area contributed by atoms with Crippen LogP contribution in [0.3, 0.4) is 0 Å². The molecular formula is C16H16N4O2S. The molecule has 1 unspecified atom stereocenters. The number of thioether (sulfide) groups is 1. The molecule has 1 aliphatic rings. The van der Waals surface area contributed by atoms with E-state index in [-0.39, 0.29) is 6.10 Å². The summed E-state index contributed by atoms with van der Waals surface area (Å²) in [4.78, 5) is 4.40. The molecule has 0 spiro atoms. The number of hydrogen-bond donors (Lipinski definition) is 0. The van der Waals surface area contributed by atoms with Crippen molar-refractivity contribution < 1.29 is 9.47 Å². The van der Waals surface area contributed by atoms with Crippen LogP contribution in [-0.2, 0) is 0 Å². The zero-order chi connectivity index (χ0) is 15.8. The molecule has 0 aliphatic carbocycles. The van der Waals surface area contributed by atoms with E-state index in [0.29, 0.717) is 12.4 Å². The fourth-order valence-electron chi connectivity index (χ4n) is 2.61. The lowest BCUT2D eigenvalue weighted by molar-refractivity contribution is 0.107. The van der Waals surface area contributed by atoms with Crippen LogP contribution >= 0.6 is 11.8 Å². The Morgan fingerprint density at radius 1 is 1.22 bits per heavy atom. The van der Waals surface area contributed by atoms with Gasteiger partial charge in [0.25, 0.3) is 5.78 Å². The van der Waals surface area contributed by atoms with Crippen molar-refractivity contribution in [3.05, 3.63) is 41.7 Å². The maximum atomic E-state index is 5.97. The average Bonchev–Trinajstić information content (AvgIpc) is 2.96. The first-order valence-corrected chi connectivity index (χ1v) is 8.40. The highest BCUT2D eigenvalue weighted by Gasteiger charge is 2.22. The minimum absolute atomic E-state index is 0.0130. The van der Waals surface area contributed by atoms with E-state index in [1.165, 1.54) is 0 Å². The van der Waals surface area contributed by atoms with Crippen LogP contribution in [0.5, 0.6) is 11.5 Å². The van der Waals surface area contributed by atoms with E-state index in [1.807, 2.05) is 48.6 Å². The molecular weight excluding hydrogens is 312 g/mol. The molecule has 0 saturated heterocycles. The quantitative estimate of drug-likeness (QED) is 0.689. The molecule has 0 amide bonds. The summed E-state index contributed by atoms with van der Waals surface area (Å²) in [7, 11) is 0. The zero-order valence-corrected chi connectivity index (χ0v) is 13.7.